The van der Waals surface area contributed by atoms with Crippen molar-refractivity contribution in [3.63, 3.8) is 0 Å². The van der Waals surface area contributed by atoms with Crippen LogP contribution < -0.4 is 5.32 Å². The maximum absolute atomic E-state index is 12.7. The molecule has 2 amide bonds. The minimum Gasteiger partial charge on any atom is -0.453 e. The van der Waals surface area contributed by atoms with Gasteiger partial charge in [0.1, 0.15) is 18.2 Å². The summed E-state index contributed by atoms with van der Waals surface area (Å²) < 4.78 is 4.56. The molecule has 9 heteroatoms. The molecule has 2 fully saturated rings. The topological polar surface area (TPSA) is 116 Å². The SMILES string of the molecule is COC(=O)NCC(=O)N1CCCC1c1ncc(-c2ccc(-c3ccc(-c4cnc(C5CCCCC5)[nH]4)cc3)cc2)[nH]1. The number of hydrogen-bond donors (Lipinski definition) is 3. The number of hydrogen-bond acceptors (Lipinski definition) is 5. The Morgan fingerprint density at radius 2 is 1.37 bits per heavy atom. The molecule has 1 aliphatic carbocycles. The van der Waals surface area contributed by atoms with Gasteiger partial charge < -0.3 is 24.9 Å². The van der Waals surface area contributed by atoms with E-state index in [1.165, 1.54) is 39.2 Å². The molecule has 2 aromatic heterocycles. The second-order valence-corrected chi connectivity index (χ2v) is 10.9. The minimum absolute atomic E-state index is 0.0947. The van der Waals surface area contributed by atoms with Crippen molar-refractivity contribution in [3.05, 3.63) is 72.6 Å². The molecule has 1 atom stereocenters. The van der Waals surface area contributed by atoms with E-state index in [1.54, 1.807) is 4.90 Å². The lowest BCUT2D eigenvalue weighted by molar-refractivity contribution is -0.131. The van der Waals surface area contributed by atoms with Crippen molar-refractivity contribution in [2.45, 2.75) is 56.9 Å². The van der Waals surface area contributed by atoms with Crippen LogP contribution >= 0.6 is 0 Å². The number of ether oxygens (including phenoxy) is 1. The summed E-state index contributed by atoms with van der Waals surface area (Å²) in [5.74, 6) is 2.30. The number of benzene rings is 2. The number of carbonyl (C=O) groups is 2. The molecule has 1 unspecified atom stereocenters. The number of aromatic nitrogens is 4. The number of imidazole rings is 2. The van der Waals surface area contributed by atoms with Crippen molar-refractivity contribution in [1.82, 2.24) is 30.2 Å². The van der Waals surface area contributed by atoms with Gasteiger partial charge in [0.05, 0.1) is 36.9 Å². The Kier molecular flexibility index (Phi) is 7.84. The monoisotopic (exact) mass is 552 g/mol. The number of nitrogens with one attached hydrogen (secondary N) is 3. The van der Waals surface area contributed by atoms with Crippen LogP contribution in [0, 0.1) is 0 Å². The van der Waals surface area contributed by atoms with E-state index in [1.807, 2.05) is 12.4 Å². The van der Waals surface area contributed by atoms with Crippen LogP contribution in [0.3, 0.4) is 0 Å². The number of likely N-dealkylation sites (tertiary alicyclic amines) is 1. The standard InChI is InChI=1S/C32H36N6O3/c1-41-32(40)35-20-29(39)38-17-5-8-28(38)31-34-19-27(37-31)24-15-11-22(12-16-24)21-9-13-23(14-10-21)26-18-33-30(36-26)25-6-3-2-4-7-25/h9-16,18-19,25,28H,2-8,17,20H2,1H3,(H,33,36)(H,34,37)(H,35,40). The van der Waals surface area contributed by atoms with E-state index in [0.29, 0.717) is 12.5 Å². The number of rotatable bonds is 7. The zero-order valence-corrected chi connectivity index (χ0v) is 23.4. The van der Waals surface area contributed by atoms with E-state index in [-0.39, 0.29) is 18.5 Å². The molecule has 2 aliphatic rings. The number of methoxy groups -OCH3 is 1. The molecule has 2 aromatic carbocycles. The fourth-order valence-electron chi connectivity index (χ4n) is 6.07. The summed E-state index contributed by atoms with van der Waals surface area (Å²) in [4.78, 5) is 42.1. The number of nitrogens with zero attached hydrogens (tertiary/aromatic N) is 3. The van der Waals surface area contributed by atoms with E-state index >= 15 is 0 Å². The van der Waals surface area contributed by atoms with Gasteiger partial charge in [-0.05, 0) is 47.9 Å². The Morgan fingerprint density at radius 1 is 0.805 bits per heavy atom. The molecule has 1 saturated heterocycles. The van der Waals surface area contributed by atoms with Gasteiger partial charge in [0.25, 0.3) is 0 Å². The molecule has 0 bridgehead atoms. The van der Waals surface area contributed by atoms with Crippen molar-refractivity contribution in [2.75, 3.05) is 20.2 Å². The third kappa shape index (κ3) is 5.89. The van der Waals surface area contributed by atoms with Crippen LogP contribution in [-0.2, 0) is 9.53 Å². The van der Waals surface area contributed by atoms with Crippen LogP contribution in [0.1, 0.15) is 68.6 Å². The Morgan fingerprint density at radius 3 is 1.98 bits per heavy atom. The second kappa shape index (κ2) is 12.0. The lowest BCUT2D eigenvalue weighted by Crippen LogP contribution is -2.40. The summed E-state index contributed by atoms with van der Waals surface area (Å²) in [6, 6.07) is 16.9. The highest BCUT2D eigenvalue weighted by atomic mass is 16.5. The quantitative estimate of drug-likeness (QED) is 0.252. The normalized spacial score (nSPS) is 17.5. The van der Waals surface area contributed by atoms with Crippen LogP contribution in [0.5, 0.6) is 0 Å². The molecular formula is C32H36N6O3. The molecule has 212 valence electrons. The van der Waals surface area contributed by atoms with Crippen molar-refractivity contribution < 1.29 is 14.3 Å². The van der Waals surface area contributed by atoms with Crippen LogP contribution in [0.2, 0.25) is 0 Å². The molecular weight excluding hydrogens is 516 g/mol. The summed E-state index contributed by atoms with van der Waals surface area (Å²) in [5.41, 5.74) is 6.44. The molecule has 9 nitrogen and oxygen atoms in total. The van der Waals surface area contributed by atoms with Gasteiger partial charge in [-0.3, -0.25) is 4.79 Å². The van der Waals surface area contributed by atoms with Gasteiger partial charge in [-0.1, -0.05) is 67.8 Å². The fourth-order valence-corrected chi connectivity index (χ4v) is 6.07. The zero-order valence-electron chi connectivity index (χ0n) is 23.4. The molecule has 0 spiro atoms. The van der Waals surface area contributed by atoms with E-state index in [4.69, 9.17) is 4.98 Å². The first kappa shape index (κ1) is 26.8. The maximum Gasteiger partial charge on any atom is 0.407 e. The number of aromatic amines is 2. The third-order valence-corrected chi connectivity index (χ3v) is 8.37. The van der Waals surface area contributed by atoms with E-state index in [9.17, 15) is 9.59 Å². The van der Waals surface area contributed by atoms with Crippen molar-refractivity contribution in [3.8, 4) is 33.6 Å². The third-order valence-electron chi connectivity index (χ3n) is 8.37. The second-order valence-electron chi connectivity index (χ2n) is 10.9. The van der Waals surface area contributed by atoms with Crippen LogP contribution in [0.15, 0.2) is 60.9 Å². The van der Waals surface area contributed by atoms with E-state index in [0.717, 1.165) is 58.1 Å². The van der Waals surface area contributed by atoms with Crippen LogP contribution in [0.4, 0.5) is 4.79 Å². The largest absolute Gasteiger partial charge is 0.453 e. The molecule has 4 aromatic rings. The summed E-state index contributed by atoms with van der Waals surface area (Å²) in [6.45, 7) is 0.542. The van der Waals surface area contributed by atoms with Gasteiger partial charge in [-0.2, -0.15) is 0 Å². The Balaban J connectivity index is 1.10. The van der Waals surface area contributed by atoms with Gasteiger partial charge in [-0.25, -0.2) is 14.8 Å². The first-order valence-electron chi connectivity index (χ1n) is 14.5. The summed E-state index contributed by atoms with van der Waals surface area (Å²) in [7, 11) is 1.28. The average Bonchev–Trinajstić information content (AvgIpc) is 3.81. The smallest absolute Gasteiger partial charge is 0.407 e. The van der Waals surface area contributed by atoms with E-state index in [2.05, 4.69) is 73.5 Å². The van der Waals surface area contributed by atoms with Gasteiger partial charge >= 0.3 is 6.09 Å². The van der Waals surface area contributed by atoms with Gasteiger partial charge in [-0.15, -0.1) is 0 Å². The first-order valence-corrected chi connectivity index (χ1v) is 14.5. The van der Waals surface area contributed by atoms with E-state index < -0.39 is 6.09 Å². The number of H-pyrrole nitrogens is 2. The van der Waals surface area contributed by atoms with Crippen LogP contribution in [-0.4, -0.2) is 57.0 Å². The average molecular weight is 553 g/mol. The highest BCUT2D eigenvalue weighted by Gasteiger charge is 2.32. The van der Waals surface area contributed by atoms with Gasteiger partial charge in [0, 0.05) is 12.5 Å². The molecule has 6 rings (SSSR count). The Hall–Kier alpha value is -4.40. The maximum atomic E-state index is 12.7. The fraction of sp³-hybridized carbons (Fsp3) is 0.375. The van der Waals surface area contributed by atoms with Crippen molar-refractivity contribution >= 4 is 12.0 Å². The van der Waals surface area contributed by atoms with Crippen molar-refractivity contribution in [1.29, 1.82) is 0 Å². The summed E-state index contributed by atoms with van der Waals surface area (Å²) in [6.07, 6.45) is 11.3. The predicted molar refractivity (Wildman–Crippen MR) is 157 cm³/mol. The van der Waals surface area contributed by atoms with Crippen LogP contribution in [0.25, 0.3) is 33.6 Å². The summed E-state index contributed by atoms with van der Waals surface area (Å²) in [5, 5.41) is 2.47. The summed E-state index contributed by atoms with van der Waals surface area (Å²) >= 11 is 0. The molecule has 41 heavy (non-hydrogen) atoms. The highest BCUT2D eigenvalue weighted by Crippen LogP contribution is 2.34. The lowest BCUT2D eigenvalue weighted by atomic mass is 9.89. The predicted octanol–water partition coefficient (Wildman–Crippen LogP) is 6.20. The minimum atomic E-state index is -0.616. The molecule has 3 heterocycles. The van der Waals surface area contributed by atoms with Gasteiger partial charge in [0.15, 0.2) is 0 Å². The first-order chi connectivity index (χ1) is 20.1. The zero-order chi connectivity index (χ0) is 28.2. The molecule has 0 radical (unpaired) electrons. The Bertz CT molecular complexity index is 1480. The highest BCUT2D eigenvalue weighted by molar-refractivity contribution is 5.82. The Labute approximate surface area is 239 Å². The molecule has 3 N–H and O–H groups in total. The number of amides is 2. The van der Waals surface area contributed by atoms with Crippen molar-refractivity contribution in [2.24, 2.45) is 0 Å². The molecule has 1 aliphatic heterocycles. The number of carbonyl (C=O) groups excluding carboxylic acids is 2. The number of alkyl carbamates (subject to hydrolysis) is 1. The van der Waals surface area contributed by atoms with Gasteiger partial charge in [0.2, 0.25) is 5.91 Å². The lowest BCUT2D eigenvalue weighted by Gasteiger charge is -2.23. The molecule has 1 saturated carbocycles.